The Morgan fingerprint density at radius 2 is 2.37 bits per heavy atom. The van der Waals surface area contributed by atoms with Crippen molar-refractivity contribution in [3.63, 3.8) is 0 Å². The van der Waals surface area contributed by atoms with Gasteiger partial charge in [0.25, 0.3) is 0 Å². The topological polar surface area (TPSA) is 95.7 Å². The fourth-order valence-electron chi connectivity index (χ4n) is 1.90. The Labute approximate surface area is 115 Å². The number of sulfonamides is 1. The van der Waals surface area contributed by atoms with Crippen LogP contribution in [0.2, 0.25) is 0 Å². The molecule has 0 radical (unpaired) electrons. The normalized spacial score (nSPS) is 19.6. The zero-order chi connectivity index (χ0) is 14.0. The highest BCUT2D eigenvalue weighted by Crippen LogP contribution is 2.26. The van der Waals surface area contributed by atoms with Crippen LogP contribution in [0.5, 0.6) is 0 Å². The molecule has 0 saturated carbocycles. The van der Waals surface area contributed by atoms with Crippen LogP contribution in [-0.4, -0.2) is 33.7 Å². The van der Waals surface area contributed by atoms with Gasteiger partial charge in [0.15, 0.2) is 0 Å². The van der Waals surface area contributed by atoms with E-state index >= 15 is 0 Å². The van der Waals surface area contributed by atoms with Gasteiger partial charge in [-0.15, -0.1) is 11.3 Å². The van der Waals surface area contributed by atoms with Crippen molar-refractivity contribution in [2.24, 2.45) is 5.14 Å². The molecule has 2 rings (SSSR count). The summed E-state index contributed by atoms with van der Waals surface area (Å²) in [6.07, 6.45) is 1.79. The molecule has 1 unspecified atom stereocenters. The minimum atomic E-state index is -3.79. The van der Waals surface area contributed by atoms with Crippen LogP contribution in [0.15, 0.2) is 9.59 Å². The summed E-state index contributed by atoms with van der Waals surface area (Å²) in [4.78, 5) is 11.9. The van der Waals surface area contributed by atoms with Gasteiger partial charge in [-0.3, -0.25) is 0 Å². The smallest absolute Gasteiger partial charge is 0.339 e. The number of carbonyl (C=O) groups excluding carboxylic acids is 1. The summed E-state index contributed by atoms with van der Waals surface area (Å²) in [5.74, 6) is -0.542. The first kappa shape index (κ1) is 14.4. The van der Waals surface area contributed by atoms with Crippen molar-refractivity contribution >= 4 is 27.3 Å². The van der Waals surface area contributed by atoms with Crippen LogP contribution in [-0.2, 0) is 19.5 Å². The van der Waals surface area contributed by atoms with Crippen molar-refractivity contribution < 1.29 is 22.7 Å². The van der Waals surface area contributed by atoms with E-state index in [-0.39, 0.29) is 22.5 Å². The van der Waals surface area contributed by atoms with Gasteiger partial charge in [-0.05, 0) is 25.3 Å². The number of hydrogen-bond donors (Lipinski definition) is 1. The molecule has 2 N–H and O–H groups in total. The van der Waals surface area contributed by atoms with Gasteiger partial charge in [0.05, 0.1) is 11.7 Å². The summed E-state index contributed by atoms with van der Waals surface area (Å²) in [6, 6.07) is 0. The molecule has 0 aliphatic carbocycles. The molecule has 19 heavy (non-hydrogen) atoms. The van der Waals surface area contributed by atoms with Crippen LogP contribution in [0.25, 0.3) is 0 Å². The molecule has 8 heteroatoms. The number of carbonyl (C=O) groups is 1. The summed E-state index contributed by atoms with van der Waals surface area (Å²) in [6.45, 7) is 2.42. The Balaban J connectivity index is 2.05. The van der Waals surface area contributed by atoms with Crippen molar-refractivity contribution in [2.45, 2.75) is 30.1 Å². The number of ether oxygens (including phenoxy) is 2. The Hall–Kier alpha value is -0.960. The maximum Gasteiger partial charge on any atom is 0.339 e. The van der Waals surface area contributed by atoms with Crippen LogP contribution >= 0.6 is 11.3 Å². The third-order valence-electron chi connectivity index (χ3n) is 2.90. The fourth-order valence-corrected chi connectivity index (χ4v) is 3.91. The zero-order valence-electron chi connectivity index (χ0n) is 10.4. The molecule has 0 aromatic carbocycles. The largest absolute Gasteiger partial charge is 0.459 e. The van der Waals surface area contributed by atoms with Gasteiger partial charge in [-0.25, -0.2) is 18.4 Å². The molecular formula is C11H15NO5S2. The van der Waals surface area contributed by atoms with E-state index < -0.39 is 16.0 Å². The highest BCUT2D eigenvalue weighted by molar-refractivity contribution is 7.91. The van der Waals surface area contributed by atoms with Gasteiger partial charge in [0.1, 0.15) is 10.8 Å². The van der Waals surface area contributed by atoms with Crippen molar-refractivity contribution in [3.8, 4) is 0 Å². The van der Waals surface area contributed by atoms with Crippen molar-refractivity contribution in [1.82, 2.24) is 0 Å². The second-order valence-electron chi connectivity index (χ2n) is 4.34. The van der Waals surface area contributed by atoms with Crippen molar-refractivity contribution in [2.75, 3.05) is 13.2 Å². The van der Waals surface area contributed by atoms with Gasteiger partial charge in [-0.2, -0.15) is 0 Å². The highest BCUT2D eigenvalue weighted by atomic mass is 32.2. The minimum Gasteiger partial charge on any atom is -0.459 e. The summed E-state index contributed by atoms with van der Waals surface area (Å²) in [5, 5.41) is 6.51. The van der Waals surface area contributed by atoms with Gasteiger partial charge in [0.2, 0.25) is 10.0 Å². The lowest BCUT2D eigenvalue weighted by Gasteiger charge is -2.09. The lowest BCUT2D eigenvalue weighted by molar-refractivity contribution is 0.0161. The molecule has 106 valence electrons. The van der Waals surface area contributed by atoms with Crippen LogP contribution < -0.4 is 5.14 Å². The fraction of sp³-hybridized carbons (Fsp3) is 0.545. The molecule has 1 aliphatic rings. The second-order valence-corrected chi connectivity index (χ2v) is 6.98. The molecule has 1 fully saturated rings. The monoisotopic (exact) mass is 305 g/mol. The molecule has 0 spiro atoms. The van der Waals surface area contributed by atoms with Gasteiger partial charge >= 0.3 is 5.97 Å². The van der Waals surface area contributed by atoms with E-state index in [9.17, 15) is 13.2 Å². The first-order valence-corrected chi connectivity index (χ1v) is 8.22. The lowest BCUT2D eigenvalue weighted by Crippen LogP contribution is -2.18. The molecule has 6 nitrogen and oxygen atoms in total. The van der Waals surface area contributed by atoms with E-state index in [1.54, 1.807) is 6.92 Å². The predicted molar refractivity (Wildman–Crippen MR) is 69.7 cm³/mol. The molecule has 1 aliphatic heterocycles. The summed E-state index contributed by atoms with van der Waals surface area (Å²) in [7, 11) is -3.79. The zero-order valence-corrected chi connectivity index (χ0v) is 12.1. The molecule has 1 aromatic heterocycles. The molecule has 2 heterocycles. The number of esters is 1. The van der Waals surface area contributed by atoms with Crippen LogP contribution in [0.4, 0.5) is 0 Å². The van der Waals surface area contributed by atoms with Gasteiger partial charge in [0, 0.05) is 12.0 Å². The maximum atomic E-state index is 11.9. The van der Waals surface area contributed by atoms with Crippen LogP contribution in [0, 0.1) is 6.92 Å². The quantitative estimate of drug-likeness (QED) is 0.838. The SMILES string of the molecule is Cc1c(C(=O)OCC2CCCO2)csc1S(N)(=O)=O. The minimum absolute atomic E-state index is 0.00318. The molecule has 1 aromatic rings. The molecule has 0 bridgehead atoms. The van der Waals surface area contributed by atoms with Gasteiger partial charge < -0.3 is 9.47 Å². The van der Waals surface area contributed by atoms with E-state index in [1.807, 2.05) is 0 Å². The maximum absolute atomic E-state index is 11.9. The number of hydrogen-bond acceptors (Lipinski definition) is 6. The number of thiophene rings is 1. The van der Waals surface area contributed by atoms with Gasteiger partial charge in [-0.1, -0.05) is 0 Å². The van der Waals surface area contributed by atoms with E-state index in [4.69, 9.17) is 14.6 Å². The average molecular weight is 305 g/mol. The molecule has 1 atom stereocenters. The third kappa shape index (κ3) is 3.33. The molecular weight excluding hydrogens is 290 g/mol. The highest BCUT2D eigenvalue weighted by Gasteiger charge is 2.23. The molecule has 1 saturated heterocycles. The number of rotatable bonds is 4. The number of nitrogens with two attached hydrogens (primary N) is 1. The Morgan fingerprint density at radius 1 is 1.63 bits per heavy atom. The third-order valence-corrected chi connectivity index (χ3v) is 5.58. The number of primary sulfonamides is 1. The van der Waals surface area contributed by atoms with E-state index in [2.05, 4.69) is 0 Å². The average Bonchev–Trinajstić information content (AvgIpc) is 2.93. The molecule has 0 amide bonds. The standard InChI is InChI=1S/C11H15NO5S2/c1-7-9(6-18-11(7)19(12,14)15)10(13)17-5-8-3-2-4-16-8/h6,8H,2-5H2,1H3,(H2,12,14,15). The second kappa shape index (κ2) is 5.58. The van der Waals surface area contributed by atoms with Crippen LogP contribution in [0.1, 0.15) is 28.8 Å². The van der Waals surface area contributed by atoms with E-state index in [0.29, 0.717) is 12.2 Å². The first-order valence-electron chi connectivity index (χ1n) is 5.79. The van der Waals surface area contributed by atoms with Crippen molar-refractivity contribution in [1.29, 1.82) is 0 Å². The Kier molecular flexibility index (Phi) is 4.24. The van der Waals surface area contributed by atoms with Crippen LogP contribution in [0.3, 0.4) is 0 Å². The summed E-state index contributed by atoms with van der Waals surface area (Å²) >= 11 is 0.924. The summed E-state index contributed by atoms with van der Waals surface area (Å²) < 4.78 is 33.0. The van der Waals surface area contributed by atoms with E-state index in [0.717, 1.165) is 24.2 Å². The lowest BCUT2D eigenvalue weighted by atomic mass is 10.2. The first-order chi connectivity index (χ1) is 8.89. The van der Waals surface area contributed by atoms with E-state index in [1.165, 1.54) is 5.38 Å². The van der Waals surface area contributed by atoms with Crippen molar-refractivity contribution in [3.05, 3.63) is 16.5 Å². The predicted octanol–water partition coefficient (Wildman–Crippen LogP) is 1.04. The Bertz CT molecular complexity index is 572. The Morgan fingerprint density at radius 3 is 2.89 bits per heavy atom. The summed E-state index contributed by atoms with van der Waals surface area (Å²) in [5.41, 5.74) is 0.580.